The van der Waals surface area contributed by atoms with Gasteiger partial charge in [-0.15, -0.1) is 30.6 Å². The summed E-state index contributed by atoms with van der Waals surface area (Å²) in [4.78, 5) is 44.0. The number of hydrogen-bond donors (Lipinski definition) is 3. The number of amides is 3. The van der Waals surface area contributed by atoms with Gasteiger partial charge in [-0.1, -0.05) is 65.6 Å². The zero-order chi connectivity index (χ0) is 56.4. The molecule has 0 spiro atoms. The van der Waals surface area contributed by atoms with E-state index in [-0.39, 0.29) is 29.2 Å². The largest absolute Gasteiger partial charge is 0.372 e. The number of likely N-dealkylation sites (N-methyl/N-ethyl adjacent to an activating group) is 1. The average molecular weight is 1200 g/mol. The molecular weight excluding hydrogens is 1140 g/mol. The number of benzene rings is 3. The lowest BCUT2D eigenvalue weighted by atomic mass is 10.1. The van der Waals surface area contributed by atoms with Gasteiger partial charge >= 0.3 is 0 Å². The van der Waals surface area contributed by atoms with Crippen molar-refractivity contribution in [2.45, 2.75) is 62.3 Å². The number of carbonyl (C=O) groups is 3. The molecular formula is C56H58N16O3S6. The number of carbonyl (C=O) groups excluding carboxylic acids is 3. The first-order chi connectivity index (χ1) is 39.5. The van der Waals surface area contributed by atoms with Crippen LogP contribution in [0.4, 0.5) is 22.7 Å². The Hall–Kier alpha value is -7.55. The SMILES string of the molecule is CCn1c(SCC(=O)Nc2cccc3c2N(C)CC3)nnc1-c1ccsc1.CCn1c(SCC(=O)Nc2cccc3ccn(C)c23)nnc1-c1ccsc1.CCn1c(SCC(=O)Nc2cccc3ncn(C)c23)nnc1-c1ccsc1. The summed E-state index contributed by atoms with van der Waals surface area (Å²) in [6.07, 6.45) is 4.75. The third kappa shape index (κ3) is 13.0. The van der Waals surface area contributed by atoms with Crippen molar-refractivity contribution in [2.24, 2.45) is 14.1 Å². The monoisotopic (exact) mass is 1190 g/mol. The summed E-state index contributed by atoms with van der Waals surface area (Å²) >= 11 is 9.10. The highest BCUT2D eigenvalue weighted by Gasteiger charge is 2.22. The molecule has 416 valence electrons. The molecule has 8 aromatic heterocycles. The Morgan fingerprint density at radius 3 is 1.47 bits per heavy atom. The number of para-hydroxylation sites is 3. The van der Waals surface area contributed by atoms with Gasteiger partial charge in [0.05, 0.1) is 62.9 Å². The molecule has 11 aromatic rings. The highest BCUT2D eigenvalue weighted by molar-refractivity contribution is 8.00. The summed E-state index contributed by atoms with van der Waals surface area (Å²) in [6, 6.07) is 25.8. The van der Waals surface area contributed by atoms with Crippen LogP contribution in [-0.4, -0.2) is 107 Å². The molecule has 12 rings (SSSR count). The minimum absolute atomic E-state index is 0.0311. The first-order valence-electron chi connectivity index (χ1n) is 25.9. The van der Waals surface area contributed by atoms with Gasteiger partial charge in [0.15, 0.2) is 32.9 Å². The molecule has 19 nitrogen and oxygen atoms in total. The van der Waals surface area contributed by atoms with Crippen LogP contribution in [0.5, 0.6) is 0 Å². The Morgan fingerprint density at radius 1 is 0.531 bits per heavy atom. The van der Waals surface area contributed by atoms with Crippen LogP contribution in [0, 0.1) is 0 Å². The number of thioether (sulfide) groups is 3. The number of fused-ring (bicyclic) bond motifs is 3. The number of aromatic nitrogens is 12. The molecule has 3 amide bonds. The Labute approximate surface area is 492 Å². The van der Waals surface area contributed by atoms with Crippen LogP contribution < -0.4 is 20.9 Å². The number of nitrogens with one attached hydrogen (secondary N) is 3. The van der Waals surface area contributed by atoms with Crippen LogP contribution in [0.15, 0.2) is 139 Å². The second-order valence-electron chi connectivity index (χ2n) is 18.4. The topological polar surface area (TPSA) is 205 Å². The van der Waals surface area contributed by atoms with Gasteiger partial charge in [-0.25, -0.2) is 4.98 Å². The summed E-state index contributed by atoms with van der Waals surface area (Å²) in [7, 11) is 5.95. The first kappa shape index (κ1) is 56.7. The minimum atomic E-state index is -0.0866. The fraction of sp³-hybridized carbons (Fsp3) is 0.250. The van der Waals surface area contributed by atoms with Crippen LogP contribution in [0.3, 0.4) is 0 Å². The fourth-order valence-corrected chi connectivity index (χ4v) is 13.6. The van der Waals surface area contributed by atoms with Crippen LogP contribution in [0.25, 0.3) is 56.1 Å². The standard InChI is InChI=1S/C19H21N5OS2.C19H19N5OS2.C18H18N6OS2/c2*1-3-24-18(14-8-10-26-11-14)21-22-19(24)27-12-16(25)20-15-6-4-5-13-7-9-23(2)17(13)15;1-3-24-17(12-7-8-26-9-12)21-22-18(24)27-10-15(25)20-14-6-4-5-13-16(14)23(2)11-19-13/h4-6,8,10-11H,3,7,9,12H2,1-2H3,(H,20,25);4-11H,3,12H2,1-2H3,(H,20,25);4-9,11H,3,10H2,1-2H3,(H,20,25). The van der Waals surface area contributed by atoms with E-state index >= 15 is 0 Å². The lowest BCUT2D eigenvalue weighted by Gasteiger charge is -2.17. The molecule has 3 N–H and O–H groups in total. The average Bonchev–Trinajstić information content (AvgIpc) is 4.46. The number of imidazole rings is 1. The second-order valence-corrected chi connectivity index (χ2v) is 23.5. The number of hydrogen-bond acceptors (Lipinski definition) is 17. The van der Waals surface area contributed by atoms with Crippen molar-refractivity contribution in [1.29, 1.82) is 0 Å². The van der Waals surface area contributed by atoms with E-state index < -0.39 is 0 Å². The molecule has 3 aromatic carbocycles. The molecule has 1 aliphatic rings. The lowest BCUT2D eigenvalue weighted by Crippen LogP contribution is -2.19. The van der Waals surface area contributed by atoms with E-state index in [1.807, 2.05) is 144 Å². The number of anilines is 4. The van der Waals surface area contributed by atoms with Crippen LogP contribution in [0.1, 0.15) is 26.3 Å². The van der Waals surface area contributed by atoms with E-state index in [1.165, 1.54) is 40.8 Å². The lowest BCUT2D eigenvalue weighted by molar-refractivity contribution is -0.114. The smallest absolute Gasteiger partial charge is 0.234 e. The van der Waals surface area contributed by atoms with Gasteiger partial charge in [0.1, 0.15) is 0 Å². The van der Waals surface area contributed by atoms with Crippen LogP contribution in [0.2, 0.25) is 0 Å². The zero-order valence-corrected chi connectivity index (χ0v) is 50.2. The quantitative estimate of drug-likeness (QED) is 0.0684. The second kappa shape index (κ2) is 26.4. The molecule has 0 unspecified atom stereocenters. The van der Waals surface area contributed by atoms with Crippen LogP contribution >= 0.6 is 69.3 Å². The molecule has 0 saturated heterocycles. The molecule has 9 heterocycles. The summed E-state index contributed by atoms with van der Waals surface area (Å²) in [5.74, 6) is 3.19. The Balaban J connectivity index is 0.000000136. The van der Waals surface area contributed by atoms with Gasteiger partial charge in [0.25, 0.3) is 0 Å². The summed E-state index contributed by atoms with van der Waals surface area (Å²) in [5, 5.41) is 50.4. The Bertz CT molecular complexity index is 3740. The molecule has 0 atom stereocenters. The Morgan fingerprint density at radius 2 is 0.988 bits per heavy atom. The molecule has 25 heteroatoms. The van der Waals surface area contributed by atoms with E-state index in [0.29, 0.717) is 5.75 Å². The summed E-state index contributed by atoms with van der Waals surface area (Å²) in [6.45, 7) is 9.42. The molecule has 0 bridgehead atoms. The van der Waals surface area contributed by atoms with E-state index in [9.17, 15) is 14.4 Å². The third-order valence-corrected chi connectivity index (χ3v) is 18.1. The van der Waals surface area contributed by atoms with Gasteiger partial charge in [-0.05, 0) is 97.4 Å². The van der Waals surface area contributed by atoms with Gasteiger partial charge in [-0.2, -0.15) is 34.0 Å². The molecule has 81 heavy (non-hydrogen) atoms. The molecule has 0 fully saturated rings. The molecule has 0 aliphatic carbocycles. The van der Waals surface area contributed by atoms with Crippen molar-refractivity contribution in [3.63, 3.8) is 0 Å². The predicted octanol–water partition coefficient (Wildman–Crippen LogP) is 11.6. The van der Waals surface area contributed by atoms with Crippen LogP contribution in [-0.2, 0) is 54.5 Å². The van der Waals surface area contributed by atoms with Crippen molar-refractivity contribution in [3.05, 3.63) is 129 Å². The van der Waals surface area contributed by atoms with Gasteiger partial charge in [-0.3, -0.25) is 14.4 Å². The van der Waals surface area contributed by atoms with Crippen molar-refractivity contribution in [2.75, 3.05) is 51.7 Å². The van der Waals surface area contributed by atoms with Gasteiger partial charge in [0.2, 0.25) is 17.7 Å². The normalized spacial score (nSPS) is 11.8. The minimum Gasteiger partial charge on any atom is -0.372 e. The maximum Gasteiger partial charge on any atom is 0.234 e. The molecule has 0 saturated carbocycles. The van der Waals surface area contributed by atoms with Crippen molar-refractivity contribution >= 4 is 132 Å². The number of aryl methyl sites for hydroxylation is 2. The molecule has 1 aliphatic heterocycles. The third-order valence-electron chi connectivity index (χ3n) is 13.1. The Kier molecular flexibility index (Phi) is 18.5. The van der Waals surface area contributed by atoms with Gasteiger partial charge in [0, 0.05) is 91.7 Å². The van der Waals surface area contributed by atoms with E-state index in [0.717, 1.165) is 127 Å². The highest BCUT2D eigenvalue weighted by Crippen LogP contribution is 2.35. The fourth-order valence-electron chi connectivity index (χ4n) is 9.32. The first-order valence-corrected chi connectivity index (χ1v) is 31.7. The van der Waals surface area contributed by atoms with Crippen molar-refractivity contribution in [1.82, 2.24) is 58.4 Å². The van der Waals surface area contributed by atoms with E-state index in [2.05, 4.69) is 94.1 Å². The van der Waals surface area contributed by atoms with Gasteiger partial charge < -0.3 is 43.7 Å². The summed E-state index contributed by atoms with van der Waals surface area (Å²) < 4.78 is 10.0. The molecule has 0 radical (unpaired) electrons. The number of thiophene rings is 3. The number of rotatable bonds is 18. The van der Waals surface area contributed by atoms with Crippen molar-refractivity contribution in [3.8, 4) is 34.2 Å². The zero-order valence-electron chi connectivity index (χ0n) is 45.3. The number of nitrogens with zero attached hydrogens (tertiary/aromatic N) is 13. The van der Waals surface area contributed by atoms with Crippen molar-refractivity contribution < 1.29 is 14.4 Å². The maximum absolute atomic E-state index is 12.5. The highest BCUT2D eigenvalue weighted by atomic mass is 32.2. The van der Waals surface area contributed by atoms with E-state index in [4.69, 9.17) is 0 Å². The predicted molar refractivity (Wildman–Crippen MR) is 332 cm³/mol. The van der Waals surface area contributed by atoms with E-state index in [1.54, 1.807) is 40.3 Å². The summed E-state index contributed by atoms with van der Waals surface area (Å²) in [5.41, 5.74) is 10.8. The maximum atomic E-state index is 12.5.